The van der Waals surface area contributed by atoms with Gasteiger partial charge in [0.05, 0.1) is 15.9 Å². The number of para-hydroxylation sites is 1. The van der Waals surface area contributed by atoms with E-state index in [0.717, 1.165) is 15.9 Å². The first-order chi connectivity index (χ1) is 18.3. The molecule has 1 saturated heterocycles. The van der Waals surface area contributed by atoms with E-state index < -0.39 is 53.7 Å². The van der Waals surface area contributed by atoms with Gasteiger partial charge in [-0.1, -0.05) is 42.5 Å². The first-order valence-corrected chi connectivity index (χ1v) is 15.1. The average Bonchev–Trinajstić information content (AvgIpc) is 3.58. The number of aryl methyl sites for hydroxylation is 1. The van der Waals surface area contributed by atoms with Crippen molar-refractivity contribution in [1.29, 1.82) is 0 Å². The van der Waals surface area contributed by atoms with Gasteiger partial charge in [0.2, 0.25) is 20.0 Å². The van der Waals surface area contributed by atoms with Crippen molar-refractivity contribution in [3.8, 4) is 0 Å². The summed E-state index contributed by atoms with van der Waals surface area (Å²) in [7, 11) is -8.15. The van der Waals surface area contributed by atoms with Gasteiger partial charge >= 0.3 is 5.97 Å². The molecule has 11 nitrogen and oxygen atoms in total. The molecule has 0 bridgehead atoms. The first kappa shape index (κ1) is 28.6. The molecule has 2 aliphatic rings. The highest BCUT2D eigenvalue weighted by Crippen LogP contribution is 2.36. The van der Waals surface area contributed by atoms with Gasteiger partial charge in [0.25, 0.3) is 5.69 Å². The van der Waals surface area contributed by atoms with E-state index in [9.17, 15) is 31.7 Å². The number of nitro groups is 1. The van der Waals surface area contributed by atoms with E-state index in [1.165, 1.54) is 41.6 Å². The Morgan fingerprint density at radius 1 is 1.10 bits per heavy atom. The zero-order chi connectivity index (χ0) is 28.5. The summed E-state index contributed by atoms with van der Waals surface area (Å²) in [6.07, 6.45) is 1.30. The molecule has 13 heteroatoms. The van der Waals surface area contributed by atoms with E-state index in [1.54, 1.807) is 18.2 Å². The zero-order valence-corrected chi connectivity index (χ0v) is 23.2. The van der Waals surface area contributed by atoms with Gasteiger partial charge in [0, 0.05) is 32.6 Å². The molecule has 0 saturated carbocycles. The number of carbonyl (C=O) groups excluding carboxylic acids is 1. The summed E-state index contributed by atoms with van der Waals surface area (Å²) in [5.74, 6) is -0.668. The van der Waals surface area contributed by atoms with Gasteiger partial charge in [-0.15, -0.1) is 0 Å². The molecule has 0 unspecified atom stereocenters. The molecule has 0 radical (unpaired) electrons. The maximum atomic E-state index is 13.6. The number of benzene rings is 2. The number of ether oxygens (including phenoxy) is 1. The van der Waals surface area contributed by atoms with Crippen molar-refractivity contribution in [2.45, 2.75) is 48.6 Å². The Labute approximate surface area is 227 Å². The third-order valence-electron chi connectivity index (χ3n) is 6.84. The third-order valence-corrected chi connectivity index (χ3v) is 10.6. The summed E-state index contributed by atoms with van der Waals surface area (Å²) in [5.41, 5.74) is 1.15. The zero-order valence-electron chi connectivity index (χ0n) is 21.5. The monoisotopic (exact) mass is 575 g/mol. The lowest BCUT2D eigenvalue weighted by Gasteiger charge is -2.32. The predicted molar refractivity (Wildman–Crippen MR) is 143 cm³/mol. The second-order valence-electron chi connectivity index (χ2n) is 9.45. The predicted octanol–water partition coefficient (Wildman–Crippen LogP) is 3.18. The van der Waals surface area contributed by atoms with Crippen LogP contribution in [0, 0.1) is 17.0 Å². The molecule has 0 amide bonds. The van der Waals surface area contributed by atoms with Crippen molar-refractivity contribution in [3.63, 3.8) is 0 Å². The molecule has 2 heterocycles. The fourth-order valence-electron chi connectivity index (χ4n) is 4.87. The second kappa shape index (κ2) is 11.0. The van der Waals surface area contributed by atoms with Crippen molar-refractivity contribution in [3.05, 3.63) is 88.0 Å². The standard InChI is InChI=1S/C26H29N3O8S2/c1-18-10-12-22(13-11-18)38(33,34)27-16-14-21(17-27)19(2)26(37-20(3)30)24-8-6-15-28(24)39(35,36)25-9-5-4-7-23(25)29(31)32/h4-5,7,9-14,24,26H,2,6,8,15-17H2,1,3H3/t24-,26+/m0/s1. The van der Waals surface area contributed by atoms with Crippen LogP contribution in [0.1, 0.15) is 25.3 Å². The van der Waals surface area contributed by atoms with E-state index >= 15 is 0 Å². The van der Waals surface area contributed by atoms with Gasteiger partial charge in [-0.2, -0.15) is 8.61 Å². The molecule has 2 aliphatic heterocycles. The minimum atomic E-state index is -4.34. The number of sulfonamides is 2. The van der Waals surface area contributed by atoms with E-state index in [4.69, 9.17) is 4.74 Å². The highest BCUT2D eigenvalue weighted by atomic mass is 32.2. The van der Waals surface area contributed by atoms with E-state index in [2.05, 4.69) is 6.58 Å². The molecule has 1 fully saturated rings. The van der Waals surface area contributed by atoms with Crippen LogP contribution >= 0.6 is 0 Å². The van der Waals surface area contributed by atoms with Crippen LogP contribution in [-0.4, -0.2) is 68.1 Å². The molecule has 208 valence electrons. The number of hydrogen-bond donors (Lipinski definition) is 0. The topological polar surface area (TPSA) is 144 Å². The van der Waals surface area contributed by atoms with Crippen LogP contribution < -0.4 is 0 Å². The molecule has 39 heavy (non-hydrogen) atoms. The molecule has 0 spiro atoms. The molecular weight excluding hydrogens is 546 g/mol. The SMILES string of the molecule is C=C(C1=CCN(S(=O)(=O)c2ccc(C)cc2)C1)[C@@H](OC(C)=O)[C@@H]1CCCN1S(=O)(=O)c1ccccc1[N+](=O)[O-]. The van der Waals surface area contributed by atoms with Gasteiger partial charge in [-0.05, 0) is 49.1 Å². The van der Waals surface area contributed by atoms with Gasteiger partial charge in [0.15, 0.2) is 4.90 Å². The van der Waals surface area contributed by atoms with Crippen molar-refractivity contribution >= 4 is 31.7 Å². The molecule has 0 aromatic heterocycles. The summed E-state index contributed by atoms with van der Waals surface area (Å²) in [6.45, 7) is 7.22. The number of rotatable bonds is 9. The molecule has 2 aromatic rings. The van der Waals surface area contributed by atoms with Crippen LogP contribution in [0.5, 0.6) is 0 Å². The first-order valence-electron chi connectivity index (χ1n) is 12.2. The Kier molecular flexibility index (Phi) is 8.07. The fourth-order valence-corrected chi connectivity index (χ4v) is 8.08. The van der Waals surface area contributed by atoms with Crippen molar-refractivity contribution in [2.75, 3.05) is 19.6 Å². The van der Waals surface area contributed by atoms with Crippen LogP contribution in [0.4, 0.5) is 5.69 Å². The second-order valence-corrected chi connectivity index (χ2v) is 13.2. The molecule has 4 rings (SSSR count). The Bertz CT molecular complexity index is 1550. The highest BCUT2D eigenvalue weighted by Gasteiger charge is 2.45. The maximum Gasteiger partial charge on any atom is 0.303 e. The molecule has 0 N–H and O–H groups in total. The summed E-state index contributed by atoms with van der Waals surface area (Å²) in [4.78, 5) is 22.6. The van der Waals surface area contributed by atoms with E-state index in [0.29, 0.717) is 18.4 Å². The van der Waals surface area contributed by atoms with Crippen molar-refractivity contribution in [2.24, 2.45) is 0 Å². The van der Waals surface area contributed by atoms with Gasteiger partial charge in [-0.3, -0.25) is 14.9 Å². The molecule has 0 aliphatic carbocycles. The Morgan fingerprint density at radius 3 is 2.41 bits per heavy atom. The Balaban J connectivity index is 1.61. The van der Waals surface area contributed by atoms with Crippen LogP contribution in [0.25, 0.3) is 0 Å². The van der Waals surface area contributed by atoms with Crippen molar-refractivity contribution in [1.82, 2.24) is 8.61 Å². The lowest BCUT2D eigenvalue weighted by Crippen LogP contribution is -2.45. The van der Waals surface area contributed by atoms with Gasteiger partial charge < -0.3 is 4.74 Å². The lowest BCUT2D eigenvalue weighted by atomic mass is 9.96. The van der Waals surface area contributed by atoms with Crippen LogP contribution in [-0.2, 0) is 29.6 Å². The third kappa shape index (κ3) is 5.66. The quantitative estimate of drug-likeness (QED) is 0.252. The molecule has 2 atom stereocenters. The number of carbonyl (C=O) groups is 1. The largest absolute Gasteiger partial charge is 0.456 e. The van der Waals surface area contributed by atoms with E-state index in [1.807, 2.05) is 6.92 Å². The summed E-state index contributed by atoms with van der Waals surface area (Å²) < 4.78 is 61.6. The lowest BCUT2D eigenvalue weighted by molar-refractivity contribution is -0.387. The highest BCUT2D eigenvalue weighted by molar-refractivity contribution is 7.89. The summed E-state index contributed by atoms with van der Waals surface area (Å²) >= 11 is 0. The number of hydrogen-bond acceptors (Lipinski definition) is 8. The fraction of sp³-hybridized carbons (Fsp3) is 0.346. The smallest absolute Gasteiger partial charge is 0.303 e. The average molecular weight is 576 g/mol. The Morgan fingerprint density at radius 2 is 1.77 bits per heavy atom. The summed E-state index contributed by atoms with van der Waals surface area (Å²) in [6, 6.07) is 10.7. The van der Waals surface area contributed by atoms with Crippen molar-refractivity contribution < 1.29 is 31.3 Å². The van der Waals surface area contributed by atoms with Gasteiger partial charge in [-0.25, -0.2) is 16.8 Å². The minimum Gasteiger partial charge on any atom is -0.456 e. The van der Waals surface area contributed by atoms with Gasteiger partial charge in [0.1, 0.15) is 6.10 Å². The van der Waals surface area contributed by atoms with Crippen LogP contribution in [0.2, 0.25) is 0 Å². The van der Waals surface area contributed by atoms with Crippen LogP contribution in [0.15, 0.2) is 82.1 Å². The molecular formula is C26H29N3O8S2. The number of nitro benzene ring substituents is 1. The minimum absolute atomic E-state index is 0.0313. The number of esters is 1. The normalized spacial score (nSPS) is 19.4. The maximum absolute atomic E-state index is 13.6. The summed E-state index contributed by atoms with van der Waals surface area (Å²) in [5, 5.41) is 11.5. The molecule has 2 aromatic carbocycles. The number of nitrogens with zero attached hydrogens (tertiary/aromatic N) is 3. The van der Waals surface area contributed by atoms with Crippen LogP contribution in [0.3, 0.4) is 0 Å². The van der Waals surface area contributed by atoms with E-state index in [-0.39, 0.29) is 30.1 Å². The Hall–Kier alpha value is -3.39.